The molecule has 1 unspecified atom stereocenters. The van der Waals surface area contributed by atoms with Gasteiger partial charge in [-0.15, -0.1) is 10.2 Å². The predicted molar refractivity (Wildman–Crippen MR) is 107 cm³/mol. The molecule has 0 aliphatic heterocycles. The maximum atomic E-state index is 13.0. The molecule has 1 aromatic heterocycles. The van der Waals surface area contributed by atoms with Gasteiger partial charge in [-0.1, -0.05) is 30.0 Å². The Kier molecular flexibility index (Phi) is 6.16. The van der Waals surface area contributed by atoms with E-state index in [0.29, 0.717) is 5.75 Å². The number of thioether (sulfide) groups is 1. The number of rotatable bonds is 7. The minimum atomic E-state index is -0.222. The van der Waals surface area contributed by atoms with Crippen LogP contribution in [0.5, 0.6) is 5.75 Å². The fraction of sp³-hybridized carbons (Fsp3) is 0.333. The summed E-state index contributed by atoms with van der Waals surface area (Å²) in [5.41, 5.74) is 3.39. The van der Waals surface area contributed by atoms with E-state index in [1.54, 1.807) is 23.9 Å². The summed E-state index contributed by atoms with van der Waals surface area (Å²) in [6.07, 6.45) is -0.209. The van der Waals surface area contributed by atoms with Crippen LogP contribution < -0.4 is 4.74 Å². The van der Waals surface area contributed by atoms with Gasteiger partial charge in [-0.3, -0.25) is 0 Å². The molecule has 1 heterocycles. The van der Waals surface area contributed by atoms with Gasteiger partial charge in [0.1, 0.15) is 11.6 Å². The minimum Gasteiger partial charge on any atom is -0.483 e. The molecular weight excluding hydrogens is 361 g/mol. The molecule has 142 valence electrons. The molecule has 0 saturated heterocycles. The summed E-state index contributed by atoms with van der Waals surface area (Å²) in [7, 11) is 0. The fourth-order valence-corrected chi connectivity index (χ4v) is 3.96. The van der Waals surface area contributed by atoms with Crippen LogP contribution in [-0.2, 0) is 12.3 Å². The highest BCUT2D eigenvalue weighted by Gasteiger charge is 2.19. The number of nitrogens with zero attached hydrogens (tertiary/aromatic N) is 3. The molecule has 3 aromatic rings. The van der Waals surface area contributed by atoms with Crippen LogP contribution in [0.3, 0.4) is 0 Å². The van der Waals surface area contributed by atoms with Gasteiger partial charge in [0, 0.05) is 12.3 Å². The van der Waals surface area contributed by atoms with Crippen molar-refractivity contribution >= 4 is 11.8 Å². The topological polar surface area (TPSA) is 39.9 Å². The first-order valence-corrected chi connectivity index (χ1v) is 10.00. The molecule has 0 fully saturated rings. The lowest BCUT2D eigenvalue weighted by molar-refractivity contribution is 0.209. The maximum absolute atomic E-state index is 13.0. The molecule has 0 spiro atoms. The molecule has 1 atom stereocenters. The van der Waals surface area contributed by atoms with E-state index in [0.717, 1.165) is 28.8 Å². The number of ether oxygens (including phenoxy) is 1. The molecule has 0 N–H and O–H groups in total. The minimum absolute atomic E-state index is 0.209. The zero-order valence-electron chi connectivity index (χ0n) is 16.1. The number of hydrogen-bond acceptors (Lipinski definition) is 4. The fourth-order valence-electron chi connectivity index (χ4n) is 2.99. The van der Waals surface area contributed by atoms with Gasteiger partial charge in [0.05, 0.1) is 0 Å². The highest BCUT2D eigenvalue weighted by molar-refractivity contribution is 7.98. The lowest BCUT2D eigenvalue weighted by atomic mass is 10.1. The lowest BCUT2D eigenvalue weighted by Crippen LogP contribution is -2.12. The molecule has 27 heavy (non-hydrogen) atoms. The Morgan fingerprint density at radius 2 is 1.74 bits per heavy atom. The maximum Gasteiger partial charge on any atom is 0.191 e. The van der Waals surface area contributed by atoms with Crippen LogP contribution in [0.15, 0.2) is 47.6 Å². The number of benzene rings is 2. The first-order valence-electron chi connectivity index (χ1n) is 9.01. The Hall–Kier alpha value is -2.34. The third kappa shape index (κ3) is 4.89. The Bertz CT molecular complexity index is 888. The van der Waals surface area contributed by atoms with Gasteiger partial charge in [0.25, 0.3) is 0 Å². The molecule has 0 saturated carbocycles. The van der Waals surface area contributed by atoms with Crippen LogP contribution >= 0.6 is 11.8 Å². The van der Waals surface area contributed by atoms with E-state index in [4.69, 9.17) is 4.74 Å². The second kappa shape index (κ2) is 8.57. The molecule has 4 nitrogen and oxygen atoms in total. The largest absolute Gasteiger partial charge is 0.483 e. The van der Waals surface area contributed by atoms with Crippen LogP contribution in [0.4, 0.5) is 4.39 Å². The van der Waals surface area contributed by atoms with E-state index in [9.17, 15) is 4.39 Å². The molecule has 0 bridgehead atoms. The van der Waals surface area contributed by atoms with E-state index in [-0.39, 0.29) is 11.9 Å². The van der Waals surface area contributed by atoms with Gasteiger partial charge < -0.3 is 9.30 Å². The zero-order valence-corrected chi connectivity index (χ0v) is 16.9. The van der Waals surface area contributed by atoms with Crippen LogP contribution in [0.2, 0.25) is 0 Å². The van der Waals surface area contributed by atoms with E-state index in [1.807, 2.05) is 19.1 Å². The Labute approximate surface area is 163 Å². The van der Waals surface area contributed by atoms with Crippen molar-refractivity contribution in [2.75, 3.05) is 0 Å². The molecule has 2 aromatic carbocycles. The van der Waals surface area contributed by atoms with Crippen LogP contribution in [0.1, 0.15) is 42.5 Å². The van der Waals surface area contributed by atoms with Crippen molar-refractivity contribution in [1.29, 1.82) is 0 Å². The highest BCUT2D eigenvalue weighted by atomic mass is 32.2. The normalized spacial score (nSPS) is 12.2. The summed E-state index contributed by atoms with van der Waals surface area (Å²) in [6.45, 7) is 8.93. The number of hydrogen-bond donors (Lipinski definition) is 0. The Morgan fingerprint density at radius 3 is 2.37 bits per heavy atom. The summed E-state index contributed by atoms with van der Waals surface area (Å²) in [5.74, 6) is 2.13. The average Bonchev–Trinajstić information content (AvgIpc) is 3.03. The first-order chi connectivity index (χ1) is 13.0. The smallest absolute Gasteiger partial charge is 0.191 e. The summed E-state index contributed by atoms with van der Waals surface area (Å²) in [5, 5.41) is 9.54. The van der Waals surface area contributed by atoms with Crippen LogP contribution in [-0.4, -0.2) is 14.8 Å². The molecular formula is C21H24FN3OS. The van der Waals surface area contributed by atoms with Gasteiger partial charge in [-0.25, -0.2) is 4.39 Å². The van der Waals surface area contributed by atoms with Gasteiger partial charge in [-0.2, -0.15) is 0 Å². The summed E-state index contributed by atoms with van der Waals surface area (Å²) < 4.78 is 21.2. The van der Waals surface area contributed by atoms with E-state index in [2.05, 4.69) is 41.6 Å². The zero-order chi connectivity index (χ0) is 19.4. The molecule has 0 aliphatic rings. The molecule has 3 rings (SSSR count). The van der Waals surface area contributed by atoms with Gasteiger partial charge in [0.2, 0.25) is 0 Å². The predicted octanol–water partition coefficient (Wildman–Crippen LogP) is 5.49. The summed E-state index contributed by atoms with van der Waals surface area (Å²) in [4.78, 5) is 0. The first kappa shape index (κ1) is 19.4. The van der Waals surface area contributed by atoms with Gasteiger partial charge in [0.15, 0.2) is 17.1 Å². The quantitative estimate of drug-likeness (QED) is 0.505. The van der Waals surface area contributed by atoms with Crippen LogP contribution in [0.25, 0.3) is 0 Å². The van der Waals surface area contributed by atoms with Crippen molar-refractivity contribution in [3.05, 3.63) is 70.8 Å². The van der Waals surface area contributed by atoms with Gasteiger partial charge in [-0.05, 0) is 68.7 Å². The molecule has 0 aliphatic carbocycles. The van der Waals surface area contributed by atoms with E-state index >= 15 is 0 Å². The SMILES string of the molecule is CCn1c(SCc2ccc(F)cc2)nnc1C(C)Oc1cc(C)cc(C)c1. The molecule has 0 amide bonds. The molecule has 0 radical (unpaired) electrons. The van der Waals surface area contributed by atoms with Crippen molar-refractivity contribution in [2.24, 2.45) is 0 Å². The van der Waals surface area contributed by atoms with Crippen molar-refractivity contribution in [3.63, 3.8) is 0 Å². The monoisotopic (exact) mass is 385 g/mol. The number of aromatic nitrogens is 3. The summed E-state index contributed by atoms with van der Waals surface area (Å²) >= 11 is 1.59. The highest BCUT2D eigenvalue weighted by Crippen LogP contribution is 2.27. The van der Waals surface area contributed by atoms with Crippen molar-refractivity contribution in [1.82, 2.24) is 14.8 Å². The Morgan fingerprint density at radius 1 is 1.07 bits per heavy atom. The third-order valence-corrected chi connectivity index (χ3v) is 5.25. The number of halogens is 1. The van der Waals surface area contributed by atoms with Crippen molar-refractivity contribution in [2.45, 2.75) is 51.3 Å². The molecule has 6 heteroatoms. The Balaban J connectivity index is 1.73. The van der Waals surface area contributed by atoms with Gasteiger partial charge >= 0.3 is 0 Å². The van der Waals surface area contributed by atoms with Crippen molar-refractivity contribution < 1.29 is 9.13 Å². The summed E-state index contributed by atoms with van der Waals surface area (Å²) in [6, 6.07) is 12.7. The average molecular weight is 386 g/mol. The third-order valence-electron chi connectivity index (χ3n) is 4.21. The van der Waals surface area contributed by atoms with E-state index < -0.39 is 0 Å². The van der Waals surface area contributed by atoms with Crippen molar-refractivity contribution in [3.8, 4) is 5.75 Å². The second-order valence-corrected chi connectivity index (χ2v) is 7.53. The lowest BCUT2D eigenvalue weighted by Gasteiger charge is -2.16. The van der Waals surface area contributed by atoms with Crippen LogP contribution in [0, 0.1) is 19.7 Å². The van der Waals surface area contributed by atoms with E-state index in [1.165, 1.54) is 23.3 Å². The number of aryl methyl sites for hydroxylation is 2. The second-order valence-electron chi connectivity index (χ2n) is 6.58. The standard InChI is InChI=1S/C21H24FN3OS/c1-5-25-20(16(4)26-19-11-14(2)10-15(3)12-19)23-24-21(25)27-13-17-6-8-18(22)9-7-17/h6-12,16H,5,13H2,1-4H3.